The van der Waals surface area contributed by atoms with Crippen LogP contribution in [-0.2, 0) is 0 Å². The monoisotopic (exact) mass is 233 g/mol. The highest BCUT2D eigenvalue weighted by molar-refractivity contribution is 8.00. The lowest BCUT2D eigenvalue weighted by atomic mass is 10.0. The minimum absolute atomic E-state index is 0.844. The van der Waals surface area contributed by atoms with E-state index in [2.05, 4.69) is 54.0 Å². The number of nitrogens with zero attached hydrogens (tertiary/aromatic N) is 1. The zero-order valence-electron chi connectivity index (χ0n) is 9.80. The summed E-state index contributed by atoms with van der Waals surface area (Å²) in [6.07, 6.45) is 5.61. The van der Waals surface area contributed by atoms with Gasteiger partial charge in [-0.3, -0.25) is 0 Å². The first-order valence-corrected chi connectivity index (χ1v) is 7.14. The van der Waals surface area contributed by atoms with Gasteiger partial charge in [0, 0.05) is 22.2 Å². The highest BCUT2D eigenvalue weighted by Crippen LogP contribution is 2.41. The van der Waals surface area contributed by atoms with Crippen LogP contribution in [0.3, 0.4) is 0 Å². The van der Waals surface area contributed by atoms with Gasteiger partial charge in [0.15, 0.2) is 0 Å². The van der Waals surface area contributed by atoms with Crippen molar-refractivity contribution in [2.24, 2.45) is 0 Å². The largest absolute Gasteiger partial charge is 0.300 e. The third-order valence-corrected chi connectivity index (χ3v) is 5.36. The molecule has 0 spiro atoms. The average Bonchev–Trinajstić information content (AvgIpc) is 2.54. The molecule has 0 radical (unpaired) electrons. The summed E-state index contributed by atoms with van der Waals surface area (Å²) in [5, 5.41) is 0.844. The Labute approximate surface area is 102 Å². The van der Waals surface area contributed by atoms with E-state index in [-0.39, 0.29) is 0 Å². The van der Waals surface area contributed by atoms with Crippen LogP contribution < -0.4 is 0 Å². The first-order valence-electron chi connectivity index (χ1n) is 6.26. The Balaban J connectivity index is 1.66. The lowest BCUT2D eigenvalue weighted by Gasteiger charge is -2.36. The van der Waals surface area contributed by atoms with Gasteiger partial charge in [-0.15, -0.1) is 11.8 Å². The van der Waals surface area contributed by atoms with Crippen molar-refractivity contribution in [3.63, 3.8) is 0 Å². The van der Waals surface area contributed by atoms with Crippen LogP contribution in [-0.4, -0.2) is 29.3 Å². The third kappa shape index (κ3) is 2.01. The second-order valence-corrected chi connectivity index (χ2v) is 6.45. The summed E-state index contributed by atoms with van der Waals surface area (Å²) in [6.45, 7) is 0. The predicted molar refractivity (Wildman–Crippen MR) is 69.9 cm³/mol. The Morgan fingerprint density at radius 3 is 2.31 bits per heavy atom. The predicted octanol–water partition coefficient (Wildman–Crippen LogP) is 3.40. The van der Waals surface area contributed by atoms with Gasteiger partial charge in [-0.25, -0.2) is 0 Å². The molecule has 0 N–H and O–H groups in total. The van der Waals surface area contributed by atoms with Gasteiger partial charge >= 0.3 is 0 Å². The van der Waals surface area contributed by atoms with Crippen molar-refractivity contribution in [1.82, 2.24) is 4.90 Å². The topological polar surface area (TPSA) is 3.24 Å². The zero-order chi connectivity index (χ0) is 11.0. The number of piperidine rings is 1. The summed E-state index contributed by atoms with van der Waals surface area (Å²) in [7, 11) is 2.31. The number of benzene rings is 1. The number of hydrogen-bond donors (Lipinski definition) is 0. The van der Waals surface area contributed by atoms with Crippen LogP contribution >= 0.6 is 11.8 Å². The molecule has 2 fully saturated rings. The number of fused-ring (bicyclic) bond motifs is 2. The van der Waals surface area contributed by atoms with Gasteiger partial charge in [0.1, 0.15) is 0 Å². The van der Waals surface area contributed by atoms with E-state index in [0.29, 0.717) is 0 Å². The molecule has 1 aromatic carbocycles. The van der Waals surface area contributed by atoms with E-state index < -0.39 is 0 Å². The molecule has 0 unspecified atom stereocenters. The maximum Gasteiger partial charge on any atom is 0.0124 e. The summed E-state index contributed by atoms with van der Waals surface area (Å²) in [4.78, 5) is 4.05. The van der Waals surface area contributed by atoms with Gasteiger partial charge in [0.2, 0.25) is 0 Å². The molecule has 2 heterocycles. The molecule has 2 bridgehead atoms. The van der Waals surface area contributed by atoms with Gasteiger partial charge in [0.25, 0.3) is 0 Å². The van der Waals surface area contributed by atoms with Crippen LogP contribution in [0.2, 0.25) is 0 Å². The van der Waals surface area contributed by atoms with E-state index in [9.17, 15) is 0 Å². The second kappa shape index (κ2) is 4.42. The highest BCUT2D eigenvalue weighted by atomic mass is 32.2. The van der Waals surface area contributed by atoms with Crippen molar-refractivity contribution in [3.8, 4) is 0 Å². The molecular weight excluding hydrogens is 214 g/mol. The van der Waals surface area contributed by atoms with E-state index in [4.69, 9.17) is 0 Å². The number of thioether (sulfide) groups is 1. The SMILES string of the molecule is CN1[C@@H]2CC[C@H]1C[C@H](Sc1ccccc1)C2. The summed E-state index contributed by atoms with van der Waals surface area (Å²) < 4.78 is 0. The molecule has 0 amide bonds. The molecule has 1 nitrogen and oxygen atoms in total. The van der Waals surface area contributed by atoms with Crippen molar-refractivity contribution in [2.45, 2.75) is 47.9 Å². The van der Waals surface area contributed by atoms with E-state index in [1.165, 1.54) is 30.6 Å². The lowest BCUT2D eigenvalue weighted by Crippen LogP contribution is -2.40. The van der Waals surface area contributed by atoms with E-state index in [1.54, 1.807) is 0 Å². The van der Waals surface area contributed by atoms with Crippen molar-refractivity contribution < 1.29 is 0 Å². The van der Waals surface area contributed by atoms with Crippen LogP contribution in [0.25, 0.3) is 0 Å². The van der Waals surface area contributed by atoms with E-state index in [0.717, 1.165) is 17.3 Å². The maximum atomic E-state index is 2.61. The van der Waals surface area contributed by atoms with Crippen LogP contribution in [0.4, 0.5) is 0 Å². The Morgan fingerprint density at radius 1 is 1.06 bits per heavy atom. The van der Waals surface area contributed by atoms with Crippen LogP contribution in [0.1, 0.15) is 25.7 Å². The summed E-state index contributed by atoms with van der Waals surface area (Å²) >= 11 is 2.09. The van der Waals surface area contributed by atoms with Gasteiger partial charge in [-0.2, -0.15) is 0 Å². The number of rotatable bonds is 2. The fraction of sp³-hybridized carbons (Fsp3) is 0.571. The minimum atomic E-state index is 0.844. The molecule has 0 aromatic heterocycles. The lowest BCUT2D eigenvalue weighted by molar-refractivity contribution is 0.183. The number of hydrogen-bond acceptors (Lipinski definition) is 2. The first-order chi connectivity index (χ1) is 7.83. The minimum Gasteiger partial charge on any atom is -0.300 e. The summed E-state index contributed by atoms with van der Waals surface area (Å²) in [5.74, 6) is 0. The van der Waals surface area contributed by atoms with E-state index in [1.807, 2.05) is 0 Å². The molecule has 86 valence electrons. The van der Waals surface area contributed by atoms with Crippen molar-refractivity contribution >= 4 is 11.8 Å². The van der Waals surface area contributed by atoms with Gasteiger partial charge in [0.05, 0.1) is 0 Å². The van der Waals surface area contributed by atoms with Gasteiger partial charge in [-0.05, 0) is 44.9 Å². The molecule has 2 aliphatic heterocycles. The van der Waals surface area contributed by atoms with Gasteiger partial charge in [-0.1, -0.05) is 18.2 Å². The molecule has 3 rings (SSSR count). The van der Waals surface area contributed by atoms with Crippen LogP contribution in [0, 0.1) is 0 Å². The van der Waals surface area contributed by atoms with Crippen LogP contribution in [0.15, 0.2) is 35.2 Å². The molecular formula is C14H19NS. The Bertz CT molecular complexity index is 337. The zero-order valence-corrected chi connectivity index (χ0v) is 10.6. The summed E-state index contributed by atoms with van der Waals surface area (Å²) in [6, 6.07) is 12.6. The normalized spacial score (nSPS) is 34.2. The fourth-order valence-corrected chi connectivity index (χ4v) is 4.49. The maximum absolute atomic E-state index is 2.61. The Morgan fingerprint density at radius 2 is 1.69 bits per heavy atom. The molecule has 3 atom stereocenters. The molecule has 0 aliphatic carbocycles. The average molecular weight is 233 g/mol. The molecule has 1 aromatic rings. The Kier molecular flexibility index (Phi) is 2.95. The van der Waals surface area contributed by atoms with Crippen molar-refractivity contribution in [1.29, 1.82) is 0 Å². The first kappa shape index (κ1) is 10.7. The van der Waals surface area contributed by atoms with Gasteiger partial charge < -0.3 is 4.90 Å². The van der Waals surface area contributed by atoms with Crippen molar-refractivity contribution in [3.05, 3.63) is 30.3 Å². The highest BCUT2D eigenvalue weighted by Gasteiger charge is 2.38. The quantitative estimate of drug-likeness (QED) is 0.770. The summed E-state index contributed by atoms with van der Waals surface area (Å²) in [5.41, 5.74) is 0. The molecule has 16 heavy (non-hydrogen) atoms. The molecule has 0 saturated carbocycles. The second-order valence-electron chi connectivity index (χ2n) is 5.07. The molecule has 2 aliphatic rings. The molecule has 2 heteroatoms. The standard InChI is InChI=1S/C14H19NS/c1-15-11-7-8-12(15)10-14(9-11)16-13-5-3-2-4-6-13/h2-6,11-12,14H,7-10H2,1H3/t11-,12+,14-. The van der Waals surface area contributed by atoms with E-state index >= 15 is 0 Å². The third-order valence-electron chi connectivity index (χ3n) is 4.10. The molecule has 2 saturated heterocycles. The van der Waals surface area contributed by atoms with Crippen LogP contribution in [0.5, 0.6) is 0 Å². The fourth-order valence-electron chi connectivity index (χ4n) is 3.15. The smallest absolute Gasteiger partial charge is 0.0124 e. The van der Waals surface area contributed by atoms with Crippen molar-refractivity contribution in [2.75, 3.05) is 7.05 Å². The Hall–Kier alpha value is -0.470.